The SMILES string of the molecule is CCCc1[nH]nc(C(=O)NCc2ccccn2)c1N. The predicted octanol–water partition coefficient (Wildman–Crippen LogP) is 1.27. The molecule has 0 radical (unpaired) electrons. The monoisotopic (exact) mass is 259 g/mol. The molecular weight excluding hydrogens is 242 g/mol. The van der Waals surface area contributed by atoms with Crippen molar-refractivity contribution in [3.63, 3.8) is 0 Å². The average molecular weight is 259 g/mol. The van der Waals surface area contributed by atoms with E-state index in [1.807, 2.05) is 25.1 Å². The Balaban J connectivity index is 2.00. The number of anilines is 1. The molecule has 2 rings (SSSR count). The maximum absolute atomic E-state index is 12.0. The molecule has 0 aliphatic rings. The van der Waals surface area contributed by atoms with Gasteiger partial charge >= 0.3 is 0 Å². The molecule has 0 fully saturated rings. The third-order valence-corrected chi connectivity index (χ3v) is 2.75. The quantitative estimate of drug-likeness (QED) is 0.753. The molecule has 100 valence electrons. The average Bonchev–Trinajstić information content (AvgIpc) is 2.79. The number of amides is 1. The number of hydrogen-bond donors (Lipinski definition) is 3. The van der Waals surface area contributed by atoms with E-state index in [1.165, 1.54) is 0 Å². The number of nitrogen functional groups attached to an aromatic ring is 1. The summed E-state index contributed by atoms with van der Waals surface area (Å²) in [5.74, 6) is -0.290. The molecule has 1 amide bonds. The third-order valence-electron chi connectivity index (χ3n) is 2.75. The molecule has 0 saturated carbocycles. The van der Waals surface area contributed by atoms with Crippen molar-refractivity contribution in [1.82, 2.24) is 20.5 Å². The van der Waals surface area contributed by atoms with E-state index in [-0.39, 0.29) is 11.6 Å². The first-order valence-electron chi connectivity index (χ1n) is 6.23. The highest BCUT2D eigenvalue weighted by molar-refractivity contribution is 5.97. The van der Waals surface area contributed by atoms with Gasteiger partial charge in [-0.05, 0) is 18.6 Å². The molecule has 0 spiro atoms. The number of aromatic amines is 1. The van der Waals surface area contributed by atoms with Crippen LogP contribution in [0.5, 0.6) is 0 Å². The van der Waals surface area contributed by atoms with Crippen LogP contribution < -0.4 is 11.1 Å². The highest BCUT2D eigenvalue weighted by atomic mass is 16.1. The Kier molecular flexibility index (Phi) is 4.12. The zero-order valence-corrected chi connectivity index (χ0v) is 10.8. The van der Waals surface area contributed by atoms with Gasteiger partial charge in [0.05, 0.1) is 23.6 Å². The number of carbonyl (C=O) groups is 1. The molecule has 19 heavy (non-hydrogen) atoms. The van der Waals surface area contributed by atoms with Crippen LogP contribution in [0.1, 0.15) is 35.2 Å². The van der Waals surface area contributed by atoms with Crippen molar-refractivity contribution in [1.29, 1.82) is 0 Å². The highest BCUT2D eigenvalue weighted by Crippen LogP contribution is 2.15. The largest absolute Gasteiger partial charge is 0.395 e. The van der Waals surface area contributed by atoms with Gasteiger partial charge in [0.15, 0.2) is 5.69 Å². The van der Waals surface area contributed by atoms with E-state index in [9.17, 15) is 4.79 Å². The van der Waals surface area contributed by atoms with Crippen LogP contribution in [-0.2, 0) is 13.0 Å². The van der Waals surface area contributed by atoms with Crippen LogP contribution in [0.2, 0.25) is 0 Å². The van der Waals surface area contributed by atoms with Gasteiger partial charge in [-0.15, -0.1) is 0 Å². The van der Waals surface area contributed by atoms with Crippen molar-refractivity contribution in [3.8, 4) is 0 Å². The molecule has 0 bridgehead atoms. The third kappa shape index (κ3) is 3.09. The molecular formula is C13H17N5O. The van der Waals surface area contributed by atoms with Crippen molar-refractivity contribution < 1.29 is 4.79 Å². The molecule has 2 aromatic rings. The van der Waals surface area contributed by atoms with Crippen LogP contribution in [0.4, 0.5) is 5.69 Å². The number of aryl methyl sites for hydroxylation is 1. The van der Waals surface area contributed by atoms with Crippen LogP contribution in [-0.4, -0.2) is 21.1 Å². The molecule has 2 aromatic heterocycles. The predicted molar refractivity (Wildman–Crippen MR) is 72.4 cm³/mol. The zero-order valence-electron chi connectivity index (χ0n) is 10.8. The minimum Gasteiger partial charge on any atom is -0.395 e. The molecule has 0 unspecified atom stereocenters. The summed E-state index contributed by atoms with van der Waals surface area (Å²) in [5.41, 5.74) is 8.17. The standard InChI is InChI=1S/C13H17N5O/c1-2-5-10-11(14)12(18-17-10)13(19)16-8-9-6-3-4-7-15-9/h3-4,6-7H,2,5,8,14H2,1H3,(H,16,19)(H,17,18). The lowest BCUT2D eigenvalue weighted by Gasteiger charge is -2.03. The summed E-state index contributed by atoms with van der Waals surface area (Å²) in [6, 6.07) is 5.54. The van der Waals surface area contributed by atoms with E-state index in [0.717, 1.165) is 24.2 Å². The Hall–Kier alpha value is -2.37. The molecule has 6 nitrogen and oxygen atoms in total. The minimum absolute atomic E-state index is 0.249. The van der Waals surface area contributed by atoms with E-state index in [2.05, 4.69) is 20.5 Å². The van der Waals surface area contributed by atoms with E-state index in [4.69, 9.17) is 5.73 Å². The summed E-state index contributed by atoms with van der Waals surface area (Å²) < 4.78 is 0. The maximum Gasteiger partial charge on any atom is 0.274 e. The summed E-state index contributed by atoms with van der Waals surface area (Å²) in [6.07, 6.45) is 3.41. The number of nitrogens with zero attached hydrogens (tertiary/aromatic N) is 2. The summed E-state index contributed by atoms with van der Waals surface area (Å²) in [6.45, 7) is 2.40. The second kappa shape index (κ2) is 5.99. The van der Waals surface area contributed by atoms with Gasteiger partial charge in [-0.3, -0.25) is 14.9 Å². The van der Waals surface area contributed by atoms with Crippen molar-refractivity contribution in [2.75, 3.05) is 5.73 Å². The van der Waals surface area contributed by atoms with Crippen molar-refractivity contribution in [2.45, 2.75) is 26.3 Å². The molecule has 0 saturated heterocycles. The Labute approximate surface area is 111 Å². The topological polar surface area (TPSA) is 96.7 Å². The lowest BCUT2D eigenvalue weighted by atomic mass is 10.2. The molecule has 2 heterocycles. The number of H-pyrrole nitrogens is 1. The summed E-state index contributed by atoms with van der Waals surface area (Å²) in [5, 5.41) is 9.51. The summed E-state index contributed by atoms with van der Waals surface area (Å²) >= 11 is 0. The number of carbonyl (C=O) groups excluding carboxylic acids is 1. The second-order valence-electron chi connectivity index (χ2n) is 4.22. The maximum atomic E-state index is 12.0. The zero-order chi connectivity index (χ0) is 13.7. The van der Waals surface area contributed by atoms with Gasteiger partial charge in [-0.2, -0.15) is 5.10 Å². The van der Waals surface area contributed by atoms with Gasteiger partial charge in [0.1, 0.15) is 0 Å². The number of aromatic nitrogens is 3. The summed E-state index contributed by atoms with van der Waals surface area (Å²) in [7, 11) is 0. The van der Waals surface area contributed by atoms with Crippen molar-refractivity contribution >= 4 is 11.6 Å². The fourth-order valence-corrected chi connectivity index (χ4v) is 1.76. The van der Waals surface area contributed by atoms with Crippen LogP contribution in [0, 0.1) is 0 Å². The first-order chi connectivity index (χ1) is 9.22. The van der Waals surface area contributed by atoms with E-state index in [0.29, 0.717) is 12.2 Å². The lowest BCUT2D eigenvalue weighted by Crippen LogP contribution is -2.24. The van der Waals surface area contributed by atoms with Gasteiger partial charge in [-0.25, -0.2) is 0 Å². The normalized spacial score (nSPS) is 10.4. The fraction of sp³-hybridized carbons (Fsp3) is 0.308. The van der Waals surface area contributed by atoms with Crippen LogP contribution >= 0.6 is 0 Å². The Morgan fingerprint density at radius 3 is 3.00 bits per heavy atom. The number of rotatable bonds is 5. The number of pyridine rings is 1. The highest BCUT2D eigenvalue weighted by Gasteiger charge is 2.16. The summed E-state index contributed by atoms with van der Waals surface area (Å²) in [4.78, 5) is 16.1. The lowest BCUT2D eigenvalue weighted by molar-refractivity contribution is 0.0946. The Morgan fingerprint density at radius 1 is 1.47 bits per heavy atom. The smallest absolute Gasteiger partial charge is 0.274 e. The van der Waals surface area contributed by atoms with Gasteiger partial charge in [0.25, 0.3) is 5.91 Å². The van der Waals surface area contributed by atoms with Gasteiger partial charge in [0, 0.05) is 6.20 Å². The van der Waals surface area contributed by atoms with E-state index in [1.54, 1.807) is 6.20 Å². The molecule has 6 heteroatoms. The first kappa shape index (κ1) is 13.1. The number of hydrogen-bond acceptors (Lipinski definition) is 4. The van der Waals surface area contributed by atoms with Crippen LogP contribution in [0.3, 0.4) is 0 Å². The molecule has 0 aromatic carbocycles. The first-order valence-corrected chi connectivity index (χ1v) is 6.23. The van der Waals surface area contributed by atoms with Crippen molar-refractivity contribution in [3.05, 3.63) is 41.5 Å². The minimum atomic E-state index is -0.290. The van der Waals surface area contributed by atoms with Gasteiger partial charge in [-0.1, -0.05) is 19.4 Å². The van der Waals surface area contributed by atoms with Gasteiger partial charge < -0.3 is 11.1 Å². The van der Waals surface area contributed by atoms with Crippen LogP contribution in [0.25, 0.3) is 0 Å². The fourth-order valence-electron chi connectivity index (χ4n) is 1.76. The van der Waals surface area contributed by atoms with Gasteiger partial charge in [0.2, 0.25) is 0 Å². The molecule has 0 aliphatic carbocycles. The molecule has 0 atom stereocenters. The van der Waals surface area contributed by atoms with Crippen molar-refractivity contribution in [2.24, 2.45) is 0 Å². The molecule has 0 aliphatic heterocycles. The Morgan fingerprint density at radius 2 is 2.32 bits per heavy atom. The molecule has 4 N–H and O–H groups in total. The van der Waals surface area contributed by atoms with E-state index >= 15 is 0 Å². The Bertz CT molecular complexity index is 549. The van der Waals surface area contributed by atoms with E-state index < -0.39 is 0 Å². The number of nitrogens with two attached hydrogens (primary N) is 1. The second-order valence-corrected chi connectivity index (χ2v) is 4.22. The van der Waals surface area contributed by atoms with Crippen LogP contribution in [0.15, 0.2) is 24.4 Å². The number of nitrogens with one attached hydrogen (secondary N) is 2.